The minimum absolute atomic E-state index is 0.684. The van der Waals surface area contributed by atoms with E-state index in [1.165, 1.54) is 50.1 Å². The second-order valence-electron chi connectivity index (χ2n) is 5.52. The molecule has 0 bridgehead atoms. The Morgan fingerprint density at radius 1 is 1.41 bits per heavy atom. The smallest absolute Gasteiger partial charge is 0.0401 e. The SMILES string of the molecule is CC(CC1CCNC1)N1CCc2ccccc21. The van der Waals surface area contributed by atoms with Crippen molar-refractivity contribution in [3.05, 3.63) is 29.8 Å². The van der Waals surface area contributed by atoms with Crippen LogP contribution in [0.3, 0.4) is 0 Å². The van der Waals surface area contributed by atoms with E-state index in [1.807, 2.05) is 0 Å². The van der Waals surface area contributed by atoms with Gasteiger partial charge in [0.1, 0.15) is 0 Å². The fourth-order valence-corrected chi connectivity index (χ4v) is 3.35. The third kappa shape index (κ3) is 2.19. The van der Waals surface area contributed by atoms with Gasteiger partial charge in [0.15, 0.2) is 0 Å². The fourth-order valence-electron chi connectivity index (χ4n) is 3.35. The average molecular weight is 230 g/mol. The van der Waals surface area contributed by atoms with Crippen LogP contribution in [0.1, 0.15) is 25.3 Å². The van der Waals surface area contributed by atoms with Gasteiger partial charge in [-0.05, 0) is 56.8 Å². The van der Waals surface area contributed by atoms with Crippen LogP contribution in [0.4, 0.5) is 5.69 Å². The molecule has 3 rings (SSSR count). The van der Waals surface area contributed by atoms with Crippen molar-refractivity contribution in [1.82, 2.24) is 5.32 Å². The lowest BCUT2D eigenvalue weighted by atomic mass is 9.99. The third-order valence-electron chi connectivity index (χ3n) is 4.29. The molecule has 1 saturated heterocycles. The largest absolute Gasteiger partial charge is 0.368 e. The molecule has 2 heterocycles. The van der Waals surface area contributed by atoms with Crippen LogP contribution >= 0.6 is 0 Å². The first-order valence-electron chi connectivity index (χ1n) is 6.90. The molecular weight excluding hydrogens is 208 g/mol. The van der Waals surface area contributed by atoms with Gasteiger partial charge in [-0.15, -0.1) is 0 Å². The van der Waals surface area contributed by atoms with E-state index in [2.05, 4.69) is 41.4 Å². The van der Waals surface area contributed by atoms with E-state index in [-0.39, 0.29) is 0 Å². The Balaban J connectivity index is 1.68. The van der Waals surface area contributed by atoms with E-state index in [0.29, 0.717) is 6.04 Å². The van der Waals surface area contributed by atoms with Gasteiger partial charge in [-0.1, -0.05) is 18.2 Å². The summed E-state index contributed by atoms with van der Waals surface area (Å²) >= 11 is 0. The van der Waals surface area contributed by atoms with Crippen molar-refractivity contribution in [2.45, 2.75) is 32.2 Å². The summed E-state index contributed by atoms with van der Waals surface area (Å²) in [6.07, 6.45) is 3.92. The molecule has 0 radical (unpaired) electrons. The molecule has 1 fully saturated rings. The van der Waals surface area contributed by atoms with E-state index in [4.69, 9.17) is 0 Å². The molecule has 17 heavy (non-hydrogen) atoms. The summed E-state index contributed by atoms with van der Waals surface area (Å²) in [7, 11) is 0. The minimum Gasteiger partial charge on any atom is -0.368 e. The maximum Gasteiger partial charge on any atom is 0.0401 e. The third-order valence-corrected chi connectivity index (χ3v) is 4.29. The lowest BCUT2D eigenvalue weighted by Gasteiger charge is -2.29. The van der Waals surface area contributed by atoms with Crippen LogP contribution in [-0.2, 0) is 6.42 Å². The van der Waals surface area contributed by atoms with Gasteiger partial charge in [-0.2, -0.15) is 0 Å². The molecule has 1 aromatic carbocycles. The first kappa shape index (κ1) is 11.1. The van der Waals surface area contributed by atoms with Crippen LogP contribution in [0.25, 0.3) is 0 Å². The molecule has 2 aliphatic rings. The molecule has 2 unspecified atom stereocenters. The number of anilines is 1. The number of rotatable bonds is 3. The van der Waals surface area contributed by atoms with Crippen molar-refractivity contribution in [2.75, 3.05) is 24.5 Å². The predicted octanol–water partition coefficient (Wildman–Crippen LogP) is 2.44. The van der Waals surface area contributed by atoms with Crippen molar-refractivity contribution in [3.63, 3.8) is 0 Å². The maximum atomic E-state index is 3.47. The number of fused-ring (bicyclic) bond motifs is 1. The Morgan fingerprint density at radius 3 is 3.12 bits per heavy atom. The van der Waals surface area contributed by atoms with Crippen molar-refractivity contribution in [1.29, 1.82) is 0 Å². The van der Waals surface area contributed by atoms with Crippen LogP contribution in [0.5, 0.6) is 0 Å². The summed E-state index contributed by atoms with van der Waals surface area (Å²) in [6, 6.07) is 9.57. The van der Waals surface area contributed by atoms with Gasteiger partial charge >= 0.3 is 0 Å². The molecule has 0 spiro atoms. The Labute approximate surface area is 104 Å². The van der Waals surface area contributed by atoms with Crippen LogP contribution in [0, 0.1) is 5.92 Å². The van der Waals surface area contributed by atoms with E-state index >= 15 is 0 Å². The van der Waals surface area contributed by atoms with E-state index in [0.717, 1.165) is 5.92 Å². The van der Waals surface area contributed by atoms with Crippen molar-refractivity contribution < 1.29 is 0 Å². The molecule has 0 amide bonds. The van der Waals surface area contributed by atoms with Gasteiger partial charge in [0.25, 0.3) is 0 Å². The van der Waals surface area contributed by atoms with E-state index in [1.54, 1.807) is 0 Å². The number of para-hydroxylation sites is 1. The Morgan fingerprint density at radius 2 is 2.29 bits per heavy atom. The monoisotopic (exact) mass is 230 g/mol. The zero-order valence-corrected chi connectivity index (χ0v) is 10.7. The second kappa shape index (κ2) is 4.69. The minimum atomic E-state index is 0.684. The van der Waals surface area contributed by atoms with Crippen LogP contribution in [-0.4, -0.2) is 25.7 Å². The molecule has 2 atom stereocenters. The lowest BCUT2D eigenvalue weighted by Crippen LogP contribution is -2.33. The molecule has 92 valence electrons. The van der Waals surface area contributed by atoms with Crippen molar-refractivity contribution in [3.8, 4) is 0 Å². The highest BCUT2D eigenvalue weighted by Crippen LogP contribution is 2.31. The van der Waals surface area contributed by atoms with Crippen molar-refractivity contribution in [2.24, 2.45) is 5.92 Å². The lowest BCUT2D eigenvalue weighted by molar-refractivity contribution is 0.463. The van der Waals surface area contributed by atoms with E-state index in [9.17, 15) is 0 Å². The predicted molar refractivity (Wildman–Crippen MR) is 72.5 cm³/mol. The molecule has 1 aromatic rings. The maximum absolute atomic E-state index is 3.47. The molecule has 2 aliphatic heterocycles. The first-order chi connectivity index (χ1) is 8.34. The van der Waals surface area contributed by atoms with Crippen LogP contribution in [0.2, 0.25) is 0 Å². The van der Waals surface area contributed by atoms with Gasteiger partial charge in [-0.25, -0.2) is 0 Å². The van der Waals surface area contributed by atoms with Gasteiger partial charge < -0.3 is 10.2 Å². The van der Waals surface area contributed by atoms with Gasteiger partial charge in [0, 0.05) is 18.3 Å². The Bertz CT molecular complexity index is 382. The number of nitrogens with one attached hydrogen (secondary N) is 1. The summed E-state index contributed by atoms with van der Waals surface area (Å²) in [6.45, 7) is 6.04. The zero-order valence-electron chi connectivity index (χ0n) is 10.7. The number of benzene rings is 1. The Hall–Kier alpha value is -1.02. The molecular formula is C15H22N2. The molecule has 0 aromatic heterocycles. The molecule has 2 nitrogen and oxygen atoms in total. The molecule has 0 aliphatic carbocycles. The number of hydrogen-bond donors (Lipinski definition) is 1. The number of nitrogens with zero attached hydrogens (tertiary/aromatic N) is 1. The highest BCUT2D eigenvalue weighted by Gasteiger charge is 2.25. The highest BCUT2D eigenvalue weighted by atomic mass is 15.2. The summed E-state index contributed by atoms with van der Waals surface area (Å²) < 4.78 is 0. The molecule has 0 saturated carbocycles. The number of hydrogen-bond acceptors (Lipinski definition) is 2. The fraction of sp³-hybridized carbons (Fsp3) is 0.600. The molecule has 2 heteroatoms. The van der Waals surface area contributed by atoms with Crippen molar-refractivity contribution >= 4 is 5.69 Å². The summed E-state index contributed by atoms with van der Waals surface area (Å²) in [4.78, 5) is 2.60. The summed E-state index contributed by atoms with van der Waals surface area (Å²) in [5.41, 5.74) is 3.01. The topological polar surface area (TPSA) is 15.3 Å². The van der Waals surface area contributed by atoms with Gasteiger partial charge in [0.2, 0.25) is 0 Å². The quantitative estimate of drug-likeness (QED) is 0.858. The Kier molecular flexibility index (Phi) is 3.06. The van der Waals surface area contributed by atoms with Gasteiger partial charge in [-0.3, -0.25) is 0 Å². The second-order valence-corrected chi connectivity index (χ2v) is 5.52. The standard InChI is InChI=1S/C15H22N2/c1-12(10-13-6-8-16-11-13)17-9-7-14-4-2-3-5-15(14)17/h2-5,12-13,16H,6-11H2,1H3. The normalized spacial score (nSPS) is 25.0. The van der Waals surface area contributed by atoms with Crippen LogP contribution in [0.15, 0.2) is 24.3 Å². The molecule has 1 N–H and O–H groups in total. The van der Waals surface area contributed by atoms with E-state index < -0.39 is 0 Å². The van der Waals surface area contributed by atoms with Crippen LogP contribution < -0.4 is 10.2 Å². The summed E-state index contributed by atoms with van der Waals surface area (Å²) in [5, 5.41) is 3.47. The highest BCUT2D eigenvalue weighted by molar-refractivity contribution is 5.58. The average Bonchev–Trinajstić information content (AvgIpc) is 2.96. The van der Waals surface area contributed by atoms with Gasteiger partial charge in [0.05, 0.1) is 0 Å². The summed E-state index contributed by atoms with van der Waals surface area (Å²) in [5.74, 6) is 0.887. The zero-order chi connectivity index (χ0) is 11.7. The first-order valence-corrected chi connectivity index (χ1v) is 6.90.